The van der Waals surface area contributed by atoms with Gasteiger partial charge < -0.3 is 9.84 Å². The first-order valence-electron chi connectivity index (χ1n) is 7.41. The van der Waals surface area contributed by atoms with Gasteiger partial charge in [0, 0.05) is 17.1 Å². The maximum atomic E-state index is 13.1. The number of rotatable bonds is 4. The van der Waals surface area contributed by atoms with Gasteiger partial charge in [0.05, 0.1) is 23.5 Å². The van der Waals surface area contributed by atoms with Crippen molar-refractivity contribution in [1.82, 2.24) is 4.31 Å². The Kier molecular flexibility index (Phi) is 4.31. The summed E-state index contributed by atoms with van der Waals surface area (Å²) in [6.45, 7) is 0. The summed E-state index contributed by atoms with van der Waals surface area (Å²) in [7, 11) is -2.90. The average Bonchev–Trinajstić information content (AvgIpc) is 3.12. The molecule has 3 atom stereocenters. The molecular weight excluding hydrogens is 358 g/mol. The van der Waals surface area contributed by atoms with E-state index in [4.69, 9.17) is 11.6 Å². The van der Waals surface area contributed by atoms with E-state index in [0.717, 1.165) is 7.11 Å². The molecule has 3 unspecified atom stereocenters. The number of nitrogens with zero attached hydrogens (tertiary/aromatic N) is 1. The van der Waals surface area contributed by atoms with Gasteiger partial charge in [-0.25, -0.2) is 13.2 Å². The summed E-state index contributed by atoms with van der Waals surface area (Å²) in [5, 5.41) is 9.47. The molecule has 0 saturated carbocycles. The molecule has 0 aliphatic carbocycles. The highest BCUT2D eigenvalue weighted by Crippen LogP contribution is 2.45. The number of ether oxygens (including phenoxy) is 1. The van der Waals surface area contributed by atoms with E-state index in [2.05, 4.69) is 4.74 Å². The fraction of sp³-hybridized carbons (Fsp3) is 0.467. The van der Waals surface area contributed by atoms with Gasteiger partial charge in [0.1, 0.15) is 0 Å². The molecule has 24 heavy (non-hydrogen) atoms. The number of hydrogen-bond donors (Lipinski definition) is 1. The van der Waals surface area contributed by atoms with Crippen molar-refractivity contribution >= 4 is 33.6 Å². The van der Waals surface area contributed by atoms with Gasteiger partial charge in [-0.15, -0.1) is 0 Å². The van der Waals surface area contributed by atoms with Gasteiger partial charge in [-0.3, -0.25) is 4.79 Å². The molecule has 1 N–H and O–H groups in total. The number of esters is 1. The monoisotopic (exact) mass is 373 g/mol. The van der Waals surface area contributed by atoms with E-state index < -0.39 is 33.9 Å². The summed E-state index contributed by atoms with van der Waals surface area (Å²) < 4.78 is 32.1. The molecule has 7 nitrogen and oxygen atoms in total. The number of carboxylic acid groups (broad SMARTS) is 1. The molecule has 2 heterocycles. The minimum atomic E-state index is -4.06. The molecule has 1 aromatic rings. The summed E-state index contributed by atoms with van der Waals surface area (Å²) in [4.78, 5) is 23.0. The Hall–Kier alpha value is -1.64. The number of carboxylic acids is 1. The SMILES string of the molecule is COC(=O)c1ccc(Cl)cc1S(=O)(=O)N1C2CCC1C(C(=O)O)C2. The van der Waals surface area contributed by atoms with Crippen LogP contribution in [0.4, 0.5) is 0 Å². The number of carbonyl (C=O) groups is 2. The largest absolute Gasteiger partial charge is 0.481 e. The second-order valence-electron chi connectivity index (χ2n) is 5.95. The van der Waals surface area contributed by atoms with Crippen LogP contribution in [0, 0.1) is 5.92 Å². The van der Waals surface area contributed by atoms with Crippen LogP contribution in [-0.4, -0.2) is 49.0 Å². The van der Waals surface area contributed by atoms with Crippen LogP contribution in [0.15, 0.2) is 23.1 Å². The minimum absolute atomic E-state index is 0.111. The zero-order valence-electron chi connectivity index (χ0n) is 12.8. The van der Waals surface area contributed by atoms with Gasteiger partial charge in [0.25, 0.3) is 0 Å². The summed E-state index contributed by atoms with van der Waals surface area (Å²) in [5.41, 5.74) is -0.111. The maximum Gasteiger partial charge on any atom is 0.339 e. The predicted molar refractivity (Wildman–Crippen MR) is 84.4 cm³/mol. The van der Waals surface area contributed by atoms with Gasteiger partial charge in [0.15, 0.2) is 0 Å². The molecule has 0 amide bonds. The Morgan fingerprint density at radius 2 is 2.04 bits per heavy atom. The zero-order chi connectivity index (χ0) is 17.6. The number of benzene rings is 1. The van der Waals surface area contributed by atoms with Crippen LogP contribution >= 0.6 is 11.6 Å². The van der Waals surface area contributed by atoms with Crippen LogP contribution in [0.2, 0.25) is 5.02 Å². The van der Waals surface area contributed by atoms with Crippen molar-refractivity contribution < 1.29 is 27.9 Å². The Morgan fingerprint density at radius 1 is 1.33 bits per heavy atom. The summed E-state index contributed by atoms with van der Waals surface area (Å²) >= 11 is 5.92. The first-order valence-corrected chi connectivity index (χ1v) is 9.23. The molecule has 2 bridgehead atoms. The van der Waals surface area contributed by atoms with Crippen LogP contribution in [0.25, 0.3) is 0 Å². The van der Waals surface area contributed by atoms with Gasteiger partial charge in [0.2, 0.25) is 10.0 Å². The smallest absolute Gasteiger partial charge is 0.339 e. The molecule has 3 rings (SSSR count). The molecule has 0 spiro atoms. The summed E-state index contributed by atoms with van der Waals surface area (Å²) in [5.74, 6) is -2.51. The number of fused-ring (bicyclic) bond motifs is 2. The topological polar surface area (TPSA) is 101 Å². The standard InChI is InChI=1S/C15H16ClNO6S/c1-23-15(20)10-4-2-8(16)6-13(10)24(21,22)17-9-3-5-12(17)11(7-9)14(18)19/h2,4,6,9,11-12H,3,5,7H2,1H3,(H,18,19). The average molecular weight is 374 g/mol. The van der Waals surface area contributed by atoms with Crippen molar-refractivity contribution in [3.63, 3.8) is 0 Å². The van der Waals surface area contributed by atoms with Crippen LogP contribution in [0.5, 0.6) is 0 Å². The molecule has 2 aliphatic rings. The zero-order valence-corrected chi connectivity index (χ0v) is 14.4. The highest BCUT2D eigenvalue weighted by atomic mass is 35.5. The highest BCUT2D eigenvalue weighted by molar-refractivity contribution is 7.89. The Bertz CT molecular complexity index is 808. The maximum absolute atomic E-state index is 13.1. The van der Waals surface area contributed by atoms with E-state index in [1.165, 1.54) is 22.5 Å². The summed E-state index contributed by atoms with van der Waals surface area (Å²) in [6, 6.07) is 2.95. The summed E-state index contributed by atoms with van der Waals surface area (Å²) in [6.07, 6.45) is 1.39. The first kappa shape index (κ1) is 17.2. The molecule has 2 fully saturated rings. The molecule has 2 saturated heterocycles. The molecule has 0 radical (unpaired) electrons. The Labute approximate surface area is 144 Å². The number of halogens is 1. The highest BCUT2D eigenvalue weighted by Gasteiger charge is 2.54. The number of sulfonamides is 1. The van der Waals surface area contributed by atoms with E-state index in [9.17, 15) is 23.1 Å². The number of methoxy groups -OCH3 is 1. The van der Waals surface area contributed by atoms with Gasteiger partial charge in [-0.05, 0) is 37.5 Å². The molecule has 2 aliphatic heterocycles. The first-order chi connectivity index (χ1) is 11.3. The quantitative estimate of drug-likeness (QED) is 0.807. The normalized spacial score (nSPS) is 26.5. The minimum Gasteiger partial charge on any atom is -0.481 e. The van der Waals surface area contributed by atoms with Crippen LogP contribution < -0.4 is 0 Å². The van der Waals surface area contributed by atoms with Crippen molar-refractivity contribution in [1.29, 1.82) is 0 Å². The third kappa shape index (κ3) is 2.58. The Morgan fingerprint density at radius 3 is 2.62 bits per heavy atom. The molecule has 130 valence electrons. The lowest BCUT2D eigenvalue weighted by atomic mass is 9.89. The van der Waals surface area contributed by atoms with E-state index in [1.54, 1.807) is 0 Å². The van der Waals surface area contributed by atoms with Crippen molar-refractivity contribution in [3.05, 3.63) is 28.8 Å². The van der Waals surface area contributed by atoms with Crippen LogP contribution in [-0.2, 0) is 19.6 Å². The number of hydrogen-bond acceptors (Lipinski definition) is 5. The number of aliphatic carboxylic acids is 1. The lowest BCUT2D eigenvalue weighted by Gasteiger charge is -2.23. The van der Waals surface area contributed by atoms with E-state index in [-0.39, 0.29) is 27.9 Å². The van der Waals surface area contributed by atoms with E-state index in [0.29, 0.717) is 12.8 Å². The fourth-order valence-electron chi connectivity index (χ4n) is 3.68. The van der Waals surface area contributed by atoms with E-state index in [1.807, 2.05) is 0 Å². The van der Waals surface area contributed by atoms with Crippen molar-refractivity contribution in [2.45, 2.75) is 36.2 Å². The van der Waals surface area contributed by atoms with Crippen LogP contribution in [0.3, 0.4) is 0 Å². The van der Waals surface area contributed by atoms with Crippen molar-refractivity contribution in [2.75, 3.05) is 7.11 Å². The van der Waals surface area contributed by atoms with Crippen molar-refractivity contribution in [3.8, 4) is 0 Å². The van der Waals surface area contributed by atoms with E-state index >= 15 is 0 Å². The van der Waals surface area contributed by atoms with Gasteiger partial charge in [-0.2, -0.15) is 4.31 Å². The lowest BCUT2D eigenvalue weighted by molar-refractivity contribution is -0.142. The molecule has 1 aromatic carbocycles. The fourth-order valence-corrected chi connectivity index (χ4v) is 6.04. The second kappa shape index (κ2) is 6.02. The predicted octanol–water partition coefficient (Wildman–Crippen LogP) is 1.75. The number of carbonyl (C=O) groups excluding carboxylic acids is 1. The Balaban J connectivity index is 2.08. The molecular formula is C15H16ClNO6S. The lowest BCUT2D eigenvalue weighted by Crippen LogP contribution is -2.38. The van der Waals surface area contributed by atoms with Gasteiger partial charge >= 0.3 is 11.9 Å². The molecule has 9 heteroatoms. The van der Waals surface area contributed by atoms with Crippen LogP contribution in [0.1, 0.15) is 29.6 Å². The third-order valence-electron chi connectivity index (χ3n) is 4.69. The van der Waals surface area contributed by atoms with Crippen molar-refractivity contribution in [2.24, 2.45) is 5.92 Å². The molecule has 0 aromatic heterocycles. The van der Waals surface area contributed by atoms with Gasteiger partial charge in [-0.1, -0.05) is 11.6 Å². The third-order valence-corrected chi connectivity index (χ3v) is 6.95. The second-order valence-corrected chi connectivity index (χ2v) is 8.19.